The standard InChI is InChI=1S/C15H26N2O4S2/c1-12(2)10-17(11-13(3)4)23(20,21)15-8-6-14(7-9-15)16-22(5,18)19/h6-9,12-13,16H,10-11H2,1-5H3. The van der Waals surface area contributed by atoms with Crippen LogP contribution in [0.15, 0.2) is 29.2 Å². The molecular formula is C15H26N2O4S2. The number of nitrogens with one attached hydrogen (secondary N) is 1. The third kappa shape index (κ3) is 6.48. The van der Waals surface area contributed by atoms with E-state index in [-0.39, 0.29) is 16.7 Å². The van der Waals surface area contributed by atoms with Gasteiger partial charge in [0.1, 0.15) is 0 Å². The number of nitrogens with zero attached hydrogens (tertiary/aromatic N) is 1. The Morgan fingerprint density at radius 1 is 0.913 bits per heavy atom. The Kier molecular flexibility index (Phi) is 6.61. The molecule has 0 atom stereocenters. The highest BCUT2D eigenvalue weighted by Gasteiger charge is 2.25. The van der Waals surface area contributed by atoms with Crippen molar-refractivity contribution in [2.24, 2.45) is 11.8 Å². The first-order valence-corrected chi connectivity index (χ1v) is 10.8. The molecular weight excluding hydrogens is 336 g/mol. The van der Waals surface area contributed by atoms with Gasteiger partial charge in [0.2, 0.25) is 20.0 Å². The van der Waals surface area contributed by atoms with Crippen LogP contribution >= 0.6 is 0 Å². The van der Waals surface area contributed by atoms with E-state index in [9.17, 15) is 16.8 Å². The van der Waals surface area contributed by atoms with Crippen molar-refractivity contribution in [3.05, 3.63) is 24.3 Å². The smallest absolute Gasteiger partial charge is 0.243 e. The summed E-state index contributed by atoms with van der Waals surface area (Å²) in [7, 11) is -6.98. The van der Waals surface area contributed by atoms with E-state index in [1.54, 1.807) is 0 Å². The lowest BCUT2D eigenvalue weighted by molar-refractivity contribution is 0.333. The Labute approximate surface area is 140 Å². The topological polar surface area (TPSA) is 83.6 Å². The Bertz CT molecular complexity index is 698. The maximum absolute atomic E-state index is 12.8. The van der Waals surface area contributed by atoms with Crippen LogP contribution in [0.5, 0.6) is 0 Å². The van der Waals surface area contributed by atoms with Gasteiger partial charge in [-0.1, -0.05) is 27.7 Å². The first-order valence-electron chi connectivity index (χ1n) is 7.50. The van der Waals surface area contributed by atoms with Crippen molar-refractivity contribution >= 4 is 25.7 Å². The summed E-state index contributed by atoms with van der Waals surface area (Å²) < 4.78 is 51.8. The van der Waals surface area contributed by atoms with Crippen molar-refractivity contribution in [2.45, 2.75) is 32.6 Å². The van der Waals surface area contributed by atoms with Crippen LogP contribution in [0.1, 0.15) is 27.7 Å². The monoisotopic (exact) mass is 362 g/mol. The Morgan fingerprint density at radius 3 is 1.70 bits per heavy atom. The highest BCUT2D eigenvalue weighted by atomic mass is 32.2. The van der Waals surface area contributed by atoms with Gasteiger partial charge in [-0.3, -0.25) is 4.72 Å². The van der Waals surface area contributed by atoms with E-state index >= 15 is 0 Å². The lowest BCUT2D eigenvalue weighted by Gasteiger charge is -2.25. The summed E-state index contributed by atoms with van der Waals surface area (Å²) in [6.45, 7) is 8.79. The Hall–Kier alpha value is -1.12. The van der Waals surface area contributed by atoms with Crippen molar-refractivity contribution in [1.82, 2.24) is 4.31 Å². The second-order valence-corrected chi connectivity index (χ2v) is 10.2. The van der Waals surface area contributed by atoms with Crippen LogP contribution in [0.3, 0.4) is 0 Å². The summed E-state index contributed by atoms with van der Waals surface area (Å²) >= 11 is 0. The molecule has 0 heterocycles. The number of sulfonamides is 2. The quantitative estimate of drug-likeness (QED) is 0.769. The lowest BCUT2D eigenvalue weighted by Crippen LogP contribution is -2.37. The van der Waals surface area contributed by atoms with E-state index in [0.29, 0.717) is 18.8 Å². The number of hydrogen-bond donors (Lipinski definition) is 1. The molecule has 0 aliphatic carbocycles. The van der Waals surface area contributed by atoms with E-state index < -0.39 is 20.0 Å². The number of anilines is 1. The second-order valence-electron chi connectivity index (χ2n) is 6.51. The molecule has 1 aromatic rings. The molecule has 0 aromatic heterocycles. The number of benzene rings is 1. The summed E-state index contributed by atoms with van der Waals surface area (Å²) in [5.74, 6) is 0.435. The molecule has 23 heavy (non-hydrogen) atoms. The van der Waals surface area contributed by atoms with Crippen molar-refractivity contribution in [3.8, 4) is 0 Å². The van der Waals surface area contributed by atoms with E-state index in [1.165, 1.54) is 28.6 Å². The molecule has 8 heteroatoms. The van der Waals surface area contributed by atoms with Crippen LogP contribution in [-0.2, 0) is 20.0 Å². The molecule has 0 amide bonds. The van der Waals surface area contributed by atoms with Gasteiger partial charge in [0.25, 0.3) is 0 Å². The highest BCUT2D eigenvalue weighted by Crippen LogP contribution is 2.21. The zero-order valence-electron chi connectivity index (χ0n) is 14.3. The van der Waals surface area contributed by atoms with E-state index in [2.05, 4.69) is 4.72 Å². The first kappa shape index (κ1) is 19.9. The molecule has 0 fully saturated rings. The first-order chi connectivity index (χ1) is 10.4. The predicted octanol–water partition coefficient (Wildman–Crippen LogP) is 2.36. The molecule has 0 aliphatic rings. The maximum Gasteiger partial charge on any atom is 0.243 e. The minimum Gasteiger partial charge on any atom is -0.284 e. The van der Waals surface area contributed by atoms with Crippen LogP contribution in [0.4, 0.5) is 5.69 Å². The third-order valence-corrected chi connectivity index (χ3v) is 5.39. The van der Waals surface area contributed by atoms with Crippen LogP contribution in [-0.4, -0.2) is 40.5 Å². The van der Waals surface area contributed by atoms with E-state index in [4.69, 9.17) is 0 Å². The zero-order chi connectivity index (χ0) is 17.8. The van der Waals surface area contributed by atoms with Crippen molar-refractivity contribution in [3.63, 3.8) is 0 Å². The molecule has 0 bridgehead atoms. The predicted molar refractivity (Wildman–Crippen MR) is 93.3 cm³/mol. The highest BCUT2D eigenvalue weighted by molar-refractivity contribution is 7.92. The van der Waals surface area contributed by atoms with Crippen LogP contribution in [0.25, 0.3) is 0 Å². The van der Waals surface area contributed by atoms with Gasteiger partial charge in [-0.2, -0.15) is 4.31 Å². The average molecular weight is 363 g/mol. The minimum atomic E-state index is -3.60. The molecule has 132 valence electrons. The van der Waals surface area contributed by atoms with E-state index in [0.717, 1.165) is 6.26 Å². The van der Waals surface area contributed by atoms with Gasteiger partial charge in [-0.15, -0.1) is 0 Å². The fourth-order valence-corrected chi connectivity index (χ4v) is 4.47. The molecule has 1 aromatic carbocycles. The Morgan fingerprint density at radius 2 is 1.35 bits per heavy atom. The molecule has 0 unspecified atom stereocenters. The van der Waals surface area contributed by atoms with Gasteiger partial charge in [0.15, 0.2) is 0 Å². The molecule has 0 spiro atoms. The van der Waals surface area contributed by atoms with Crippen molar-refractivity contribution in [2.75, 3.05) is 24.1 Å². The van der Waals surface area contributed by atoms with Gasteiger partial charge in [0, 0.05) is 18.8 Å². The van der Waals surface area contributed by atoms with Crippen LogP contribution in [0.2, 0.25) is 0 Å². The van der Waals surface area contributed by atoms with Crippen LogP contribution in [0, 0.1) is 11.8 Å². The number of rotatable bonds is 8. The van der Waals surface area contributed by atoms with Crippen molar-refractivity contribution < 1.29 is 16.8 Å². The summed E-state index contributed by atoms with van der Waals surface area (Å²) in [5, 5.41) is 0. The van der Waals surface area contributed by atoms with Gasteiger partial charge in [0.05, 0.1) is 11.2 Å². The summed E-state index contributed by atoms with van der Waals surface area (Å²) in [4.78, 5) is 0.165. The minimum absolute atomic E-state index is 0.165. The fraction of sp³-hybridized carbons (Fsp3) is 0.600. The van der Waals surface area contributed by atoms with Gasteiger partial charge in [-0.25, -0.2) is 16.8 Å². The fourth-order valence-electron chi connectivity index (χ4n) is 2.14. The van der Waals surface area contributed by atoms with Gasteiger partial charge < -0.3 is 0 Å². The summed E-state index contributed by atoms with van der Waals surface area (Å²) in [5.41, 5.74) is 0.339. The molecule has 0 saturated carbocycles. The Balaban J connectivity index is 3.09. The zero-order valence-corrected chi connectivity index (χ0v) is 15.9. The summed E-state index contributed by atoms with van der Waals surface area (Å²) in [6, 6.07) is 5.76. The molecule has 6 nitrogen and oxygen atoms in total. The largest absolute Gasteiger partial charge is 0.284 e. The molecule has 0 aliphatic heterocycles. The number of hydrogen-bond acceptors (Lipinski definition) is 4. The van der Waals surface area contributed by atoms with Crippen molar-refractivity contribution in [1.29, 1.82) is 0 Å². The van der Waals surface area contributed by atoms with Gasteiger partial charge >= 0.3 is 0 Å². The average Bonchev–Trinajstić information content (AvgIpc) is 2.35. The maximum atomic E-state index is 12.8. The molecule has 0 saturated heterocycles. The molecule has 0 radical (unpaired) electrons. The van der Waals surface area contributed by atoms with Gasteiger partial charge in [-0.05, 0) is 36.1 Å². The molecule has 1 rings (SSSR count). The lowest BCUT2D eigenvalue weighted by atomic mass is 10.2. The summed E-state index contributed by atoms with van der Waals surface area (Å²) in [6.07, 6.45) is 1.05. The normalized spacial score (nSPS) is 13.0. The third-order valence-electron chi connectivity index (χ3n) is 2.93. The SMILES string of the molecule is CC(C)CN(CC(C)C)S(=O)(=O)c1ccc(NS(C)(=O)=O)cc1. The van der Waals surface area contributed by atoms with E-state index in [1.807, 2.05) is 27.7 Å². The van der Waals surface area contributed by atoms with Crippen LogP contribution < -0.4 is 4.72 Å². The second kappa shape index (κ2) is 7.63. The molecule has 1 N–H and O–H groups in total.